The number of aliphatic hydroxyl groups is 1. The highest BCUT2D eigenvalue weighted by molar-refractivity contribution is 4.94. The van der Waals surface area contributed by atoms with Crippen molar-refractivity contribution >= 4 is 0 Å². The van der Waals surface area contributed by atoms with E-state index in [1.165, 1.54) is 45.3 Å². The number of likely N-dealkylation sites (tertiary alicyclic amines) is 1. The van der Waals surface area contributed by atoms with Crippen molar-refractivity contribution in [1.29, 1.82) is 0 Å². The maximum Gasteiger partial charge on any atom is 0.0850 e. The van der Waals surface area contributed by atoms with E-state index in [9.17, 15) is 0 Å². The van der Waals surface area contributed by atoms with Gasteiger partial charge in [0.1, 0.15) is 0 Å². The number of nitrogens with zero attached hydrogens (tertiary/aromatic N) is 4. The molecule has 1 N–H and O–H groups in total. The molecule has 5 nitrogen and oxygen atoms in total. The Morgan fingerprint density at radius 2 is 2.09 bits per heavy atom. The third kappa shape index (κ3) is 5.06. The monoisotopic (exact) mass is 308 g/mol. The van der Waals surface area contributed by atoms with E-state index in [1.807, 2.05) is 10.9 Å². The van der Waals surface area contributed by atoms with Crippen LogP contribution in [0.3, 0.4) is 0 Å². The third-order valence-electron chi connectivity index (χ3n) is 4.92. The molecule has 1 aromatic heterocycles. The number of aromatic nitrogens is 3. The van der Waals surface area contributed by atoms with Crippen molar-refractivity contribution in [1.82, 2.24) is 19.9 Å². The SMILES string of the molecule is CCCC[C@H](CC)CN1CCC(n2cc(CCO)nn2)CC1. The van der Waals surface area contributed by atoms with Crippen LogP contribution in [0.15, 0.2) is 6.20 Å². The second-order valence-electron chi connectivity index (χ2n) is 6.61. The molecule has 126 valence electrons. The van der Waals surface area contributed by atoms with Gasteiger partial charge in [0, 0.05) is 38.9 Å². The molecule has 1 aromatic rings. The predicted molar refractivity (Wildman–Crippen MR) is 88.8 cm³/mol. The molecule has 0 aromatic carbocycles. The molecule has 1 aliphatic heterocycles. The summed E-state index contributed by atoms with van der Waals surface area (Å²) in [6, 6.07) is 0.479. The van der Waals surface area contributed by atoms with Gasteiger partial charge in [-0.1, -0.05) is 38.3 Å². The third-order valence-corrected chi connectivity index (χ3v) is 4.92. The van der Waals surface area contributed by atoms with E-state index in [1.54, 1.807) is 0 Å². The lowest BCUT2D eigenvalue weighted by Gasteiger charge is -2.34. The largest absolute Gasteiger partial charge is 0.396 e. The smallest absolute Gasteiger partial charge is 0.0850 e. The zero-order valence-corrected chi connectivity index (χ0v) is 14.2. The fourth-order valence-electron chi connectivity index (χ4n) is 3.37. The number of hydrogen-bond acceptors (Lipinski definition) is 4. The second kappa shape index (κ2) is 9.26. The summed E-state index contributed by atoms with van der Waals surface area (Å²) in [5.41, 5.74) is 0.899. The van der Waals surface area contributed by atoms with Gasteiger partial charge in [-0.25, -0.2) is 4.68 Å². The van der Waals surface area contributed by atoms with E-state index in [0.717, 1.165) is 24.5 Å². The molecular weight excluding hydrogens is 276 g/mol. The van der Waals surface area contributed by atoms with E-state index in [-0.39, 0.29) is 6.61 Å². The Morgan fingerprint density at radius 3 is 2.73 bits per heavy atom. The molecule has 0 saturated carbocycles. The van der Waals surface area contributed by atoms with Gasteiger partial charge in [-0.15, -0.1) is 5.10 Å². The van der Waals surface area contributed by atoms with Crippen LogP contribution in [-0.2, 0) is 6.42 Å². The summed E-state index contributed by atoms with van der Waals surface area (Å²) in [5, 5.41) is 17.3. The fraction of sp³-hybridized carbons (Fsp3) is 0.882. The van der Waals surface area contributed by atoms with Crippen LogP contribution in [0.4, 0.5) is 0 Å². The van der Waals surface area contributed by atoms with Gasteiger partial charge in [0.05, 0.1) is 11.7 Å². The molecular formula is C17H32N4O. The lowest BCUT2D eigenvalue weighted by molar-refractivity contribution is 0.151. The van der Waals surface area contributed by atoms with Gasteiger partial charge in [-0.3, -0.25) is 0 Å². The normalized spacial score (nSPS) is 18.7. The summed E-state index contributed by atoms with van der Waals surface area (Å²) in [5.74, 6) is 0.860. The van der Waals surface area contributed by atoms with Gasteiger partial charge in [0.15, 0.2) is 0 Å². The lowest BCUT2D eigenvalue weighted by atomic mass is 9.97. The average molecular weight is 308 g/mol. The Morgan fingerprint density at radius 1 is 1.32 bits per heavy atom. The number of aliphatic hydroxyl groups excluding tert-OH is 1. The molecule has 0 bridgehead atoms. The first-order valence-electron chi connectivity index (χ1n) is 9.00. The minimum absolute atomic E-state index is 0.146. The molecule has 2 rings (SSSR count). The number of piperidine rings is 1. The van der Waals surface area contributed by atoms with E-state index in [4.69, 9.17) is 5.11 Å². The van der Waals surface area contributed by atoms with Crippen LogP contribution in [0.25, 0.3) is 0 Å². The molecule has 0 spiro atoms. The first-order chi connectivity index (χ1) is 10.8. The Labute approximate surface area is 134 Å². The van der Waals surface area contributed by atoms with Crippen molar-refractivity contribution < 1.29 is 5.11 Å². The quantitative estimate of drug-likeness (QED) is 0.762. The molecule has 5 heteroatoms. The molecule has 0 unspecified atom stereocenters. The number of rotatable bonds is 9. The Hall–Kier alpha value is -0.940. The minimum atomic E-state index is 0.146. The molecule has 0 aliphatic carbocycles. The second-order valence-corrected chi connectivity index (χ2v) is 6.61. The summed E-state index contributed by atoms with van der Waals surface area (Å²) >= 11 is 0. The van der Waals surface area contributed by atoms with Crippen molar-refractivity contribution in [3.05, 3.63) is 11.9 Å². The standard InChI is InChI=1S/C17H32N4O/c1-3-5-6-15(4-2)13-20-10-7-17(8-11-20)21-14-16(9-12-22)18-19-21/h14-15,17,22H,3-13H2,1-2H3/t15-/m0/s1. The van der Waals surface area contributed by atoms with Crippen LogP contribution < -0.4 is 0 Å². The Kier molecular flexibility index (Phi) is 7.33. The molecule has 0 amide bonds. The summed E-state index contributed by atoms with van der Waals surface area (Å²) in [6.45, 7) is 8.35. The van der Waals surface area contributed by atoms with Crippen molar-refractivity contribution in [2.75, 3.05) is 26.2 Å². The molecule has 1 fully saturated rings. The molecule has 1 saturated heterocycles. The van der Waals surface area contributed by atoms with Crippen LogP contribution in [-0.4, -0.2) is 51.2 Å². The molecule has 22 heavy (non-hydrogen) atoms. The van der Waals surface area contributed by atoms with Crippen molar-refractivity contribution in [2.45, 2.75) is 64.8 Å². The zero-order chi connectivity index (χ0) is 15.8. The predicted octanol–water partition coefficient (Wildman–Crippen LogP) is 2.67. The van der Waals surface area contributed by atoms with Crippen LogP contribution >= 0.6 is 0 Å². The van der Waals surface area contributed by atoms with Crippen LogP contribution in [0.2, 0.25) is 0 Å². The molecule has 1 atom stereocenters. The van der Waals surface area contributed by atoms with Gasteiger partial charge in [-0.05, 0) is 25.2 Å². The number of unbranched alkanes of at least 4 members (excludes halogenated alkanes) is 1. The summed E-state index contributed by atoms with van der Waals surface area (Å²) in [6.07, 6.45) is 10.3. The van der Waals surface area contributed by atoms with Gasteiger partial charge in [0.2, 0.25) is 0 Å². The van der Waals surface area contributed by atoms with Crippen molar-refractivity contribution in [3.63, 3.8) is 0 Å². The average Bonchev–Trinajstić information content (AvgIpc) is 3.01. The van der Waals surface area contributed by atoms with Gasteiger partial charge in [-0.2, -0.15) is 0 Å². The molecule has 1 aliphatic rings. The first-order valence-corrected chi connectivity index (χ1v) is 9.00. The van der Waals surface area contributed by atoms with E-state index in [2.05, 4.69) is 29.1 Å². The van der Waals surface area contributed by atoms with Gasteiger partial charge in [0.25, 0.3) is 0 Å². The highest BCUT2D eigenvalue weighted by Gasteiger charge is 2.23. The van der Waals surface area contributed by atoms with Gasteiger partial charge < -0.3 is 10.0 Å². The van der Waals surface area contributed by atoms with E-state index < -0.39 is 0 Å². The Bertz CT molecular complexity index is 413. The van der Waals surface area contributed by atoms with E-state index >= 15 is 0 Å². The molecule has 2 heterocycles. The van der Waals surface area contributed by atoms with Crippen LogP contribution in [0.5, 0.6) is 0 Å². The van der Waals surface area contributed by atoms with Crippen LogP contribution in [0, 0.1) is 5.92 Å². The first kappa shape index (κ1) is 17.4. The Balaban J connectivity index is 1.76. The van der Waals surface area contributed by atoms with Gasteiger partial charge >= 0.3 is 0 Å². The zero-order valence-electron chi connectivity index (χ0n) is 14.2. The van der Waals surface area contributed by atoms with E-state index in [0.29, 0.717) is 12.5 Å². The summed E-state index contributed by atoms with van der Waals surface area (Å²) < 4.78 is 2.01. The summed E-state index contributed by atoms with van der Waals surface area (Å²) in [7, 11) is 0. The minimum Gasteiger partial charge on any atom is -0.396 e. The highest BCUT2D eigenvalue weighted by Crippen LogP contribution is 2.24. The lowest BCUT2D eigenvalue weighted by Crippen LogP contribution is -2.37. The van der Waals surface area contributed by atoms with Crippen molar-refractivity contribution in [3.8, 4) is 0 Å². The van der Waals surface area contributed by atoms with Crippen LogP contribution in [0.1, 0.15) is 64.1 Å². The fourth-order valence-corrected chi connectivity index (χ4v) is 3.37. The maximum atomic E-state index is 8.96. The number of hydrogen-bond donors (Lipinski definition) is 1. The topological polar surface area (TPSA) is 54.2 Å². The maximum absolute atomic E-state index is 8.96. The highest BCUT2D eigenvalue weighted by atomic mass is 16.3. The summed E-state index contributed by atoms with van der Waals surface area (Å²) in [4.78, 5) is 2.63. The van der Waals surface area contributed by atoms with Crippen molar-refractivity contribution in [2.24, 2.45) is 5.92 Å². The molecule has 0 radical (unpaired) electrons.